The average Bonchev–Trinajstić information content (AvgIpc) is 2.69. The van der Waals surface area contributed by atoms with E-state index < -0.39 is 0 Å². The van der Waals surface area contributed by atoms with Gasteiger partial charge in [-0.2, -0.15) is 0 Å². The molecule has 0 bridgehead atoms. The number of carbonyl (C=O) groups excluding carboxylic acids is 1. The van der Waals surface area contributed by atoms with Gasteiger partial charge in [-0.05, 0) is 56.6 Å². The monoisotopic (exact) mass is 271 g/mol. The van der Waals surface area contributed by atoms with E-state index in [-0.39, 0.29) is 5.91 Å². The molecule has 20 heavy (non-hydrogen) atoms. The number of hydrogen-bond acceptors (Lipinski definition) is 2. The van der Waals surface area contributed by atoms with Crippen molar-refractivity contribution in [2.24, 2.45) is 0 Å². The van der Waals surface area contributed by atoms with Gasteiger partial charge >= 0.3 is 0 Å². The molecular weight excluding hydrogens is 250 g/mol. The Hall–Kier alpha value is -1.81. The minimum absolute atomic E-state index is 0.0299. The predicted molar refractivity (Wildman–Crippen MR) is 82.1 cm³/mol. The van der Waals surface area contributed by atoms with Gasteiger partial charge in [0.1, 0.15) is 0 Å². The lowest BCUT2D eigenvalue weighted by Crippen LogP contribution is -2.39. The smallest absolute Gasteiger partial charge is 0.221 e. The summed E-state index contributed by atoms with van der Waals surface area (Å²) in [6.45, 7) is 1.54. The van der Waals surface area contributed by atoms with Crippen molar-refractivity contribution in [3.05, 3.63) is 30.0 Å². The van der Waals surface area contributed by atoms with E-state index >= 15 is 0 Å². The zero-order valence-electron chi connectivity index (χ0n) is 12.2. The maximum Gasteiger partial charge on any atom is 0.221 e. The molecule has 1 amide bonds. The van der Waals surface area contributed by atoms with Crippen LogP contribution in [0.3, 0.4) is 0 Å². The molecule has 0 radical (unpaired) electrons. The molecule has 0 aliphatic heterocycles. The van der Waals surface area contributed by atoms with Crippen molar-refractivity contribution in [1.82, 2.24) is 9.88 Å². The number of aromatic nitrogens is 1. The number of fused-ring (bicyclic) bond motifs is 1. The second-order valence-corrected chi connectivity index (χ2v) is 5.97. The molecule has 1 saturated carbocycles. The summed E-state index contributed by atoms with van der Waals surface area (Å²) in [6, 6.07) is 6.74. The van der Waals surface area contributed by atoms with Crippen molar-refractivity contribution >= 4 is 22.5 Å². The van der Waals surface area contributed by atoms with Gasteiger partial charge in [-0.15, -0.1) is 0 Å². The molecule has 0 atom stereocenters. The van der Waals surface area contributed by atoms with Crippen LogP contribution < -0.4 is 5.32 Å². The van der Waals surface area contributed by atoms with Gasteiger partial charge < -0.3 is 15.2 Å². The van der Waals surface area contributed by atoms with Crippen LogP contribution >= 0.6 is 0 Å². The SMILES string of the molecule is CC(=O)Nc1ccc2[nH]cc([C@H]3C[C@H](N(C)C)C3)c2c1. The number of rotatable bonds is 3. The normalized spacial score (nSPS) is 22.0. The number of H-pyrrole nitrogens is 1. The first-order chi connectivity index (χ1) is 9.54. The van der Waals surface area contributed by atoms with E-state index in [0.29, 0.717) is 12.0 Å². The standard InChI is InChI=1S/C16H21N3O/c1-10(20)18-12-4-5-16-14(8-12)15(9-17-16)11-6-13(7-11)19(2)3/h4-5,8-9,11,13,17H,6-7H2,1-3H3,(H,18,20)/t11-,13-. The van der Waals surface area contributed by atoms with Gasteiger partial charge in [-0.1, -0.05) is 0 Å². The third-order valence-corrected chi connectivity index (χ3v) is 4.32. The summed E-state index contributed by atoms with van der Waals surface area (Å²) < 4.78 is 0. The van der Waals surface area contributed by atoms with Gasteiger partial charge in [-0.3, -0.25) is 4.79 Å². The Labute approximate surface area is 119 Å². The second kappa shape index (κ2) is 4.94. The van der Waals surface area contributed by atoms with Crippen LogP contribution in [0.5, 0.6) is 0 Å². The molecule has 2 aromatic rings. The molecule has 0 saturated heterocycles. The molecule has 1 fully saturated rings. The molecule has 0 unspecified atom stereocenters. The zero-order chi connectivity index (χ0) is 14.3. The fourth-order valence-electron chi connectivity index (χ4n) is 3.02. The third-order valence-electron chi connectivity index (χ3n) is 4.32. The molecule has 3 rings (SSSR count). The Balaban J connectivity index is 1.86. The molecule has 106 valence electrons. The van der Waals surface area contributed by atoms with Crippen LogP contribution in [-0.2, 0) is 4.79 Å². The highest BCUT2D eigenvalue weighted by Gasteiger charge is 2.32. The maximum absolute atomic E-state index is 11.2. The number of aromatic amines is 1. The number of nitrogens with one attached hydrogen (secondary N) is 2. The largest absolute Gasteiger partial charge is 0.361 e. The summed E-state index contributed by atoms with van der Waals surface area (Å²) in [5.41, 5.74) is 3.39. The molecule has 2 N–H and O–H groups in total. The fourth-order valence-corrected chi connectivity index (χ4v) is 3.02. The van der Waals surface area contributed by atoms with Gasteiger partial charge in [0.15, 0.2) is 0 Å². The first-order valence-corrected chi connectivity index (χ1v) is 7.09. The van der Waals surface area contributed by atoms with Crippen molar-refractivity contribution in [3.63, 3.8) is 0 Å². The van der Waals surface area contributed by atoms with Gasteiger partial charge in [-0.25, -0.2) is 0 Å². The van der Waals surface area contributed by atoms with Crippen LogP contribution in [0.1, 0.15) is 31.2 Å². The van der Waals surface area contributed by atoms with Crippen LogP contribution in [0, 0.1) is 0 Å². The third kappa shape index (κ3) is 2.31. The molecular formula is C16H21N3O. The molecule has 1 aliphatic carbocycles. The van der Waals surface area contributed by atoms with Gasteiger partial charge in [0.25, 0.3) is 0 Å². The van der Waals surface area contributed by atoms with Crippen molar-refractivity contribution in [2.75, 3.05) is 19.4 Å². The van der Waals surface area contributed by atoms with Gasteiger partial charge in [0.05, 0.1) is 0 Å². The first kappa shape index (κ1) is 13.2. The summed E-state index contributed by atoms with van der Waals surface area (Å²) in [5, 5.41) is 4.09. The number of hydrogen-bond donors (Lipinski definition) is 2. The number of amides is 1. The summed E-state index contributed by atoms with van der Waals surface area (Å²) in [5.74, 6) is 0.599. The van der Waals surface area contributed by atoms with Crippen LogP contribution in [0.2, 0.25) is 0 Å². The average molecular weight is 271 g/mol. The molecule has 1 aromatic heterocycles. The van der Waals surface area contributed by atoms with E-state index in [2.05, 4.69) is 41.6 Å². The quantitative estimate of drug-likeness (QED) is 0.901. The van der Waals surface area contributed by atoms with Crippen molar-refractivity contribution in [3.8, 4) is 0 Å². The number of anilines is 1. The van der Waals surface area contributed by atoms with E-state index in [1.807, 2.05) is 12.1 Å². The Bertz CT molecular complexity index is 638. The summed E-state index contributed by atoms with van der Waals surface area (Å²) in [7, 11) is 4.29. The zero-order valence-corrected chi connectivity index (χ0v) is 12.2. The second-order valence-electron chi connectivity index (χ2n) is 5.97. The highest BCUT2D eigenvalue weighted by molar-refractivity contribution is 5.93. The molecule has 4 heteroatoms. The van der Waals surface area contributed by atoms with E-state index in [0.717, 1.165) is 11.2 Å². The number of benzene rings is 1. The Morgan fingerprint density at radius 2 is 2.10 bits per heavy atom. The predicted octanol–water partition coefficient (Wildman–Crippen LogP) is 2.93. The maximum atomic E-state index is 11.2. The Kier molecular flexibility index (Phi) is 3.26. The van der Waals surface area contributed by atoms with Gasteiger partial charge in [0.2, 0.25) is 5.91 Å². The van der Waals surface area contributed by atoms with Crippen LogP contribution in [0.15, 0.2) is 24.4 Å². The lowest BCUT2D eigenvalue weighted by Gasteiger charge is -2.39. The van der Waals surface area contributed by atoms with E-state index in [9.17, 15) is 4.79 Å². The van der Waals surface area contributed by atoms with E-state index in [1.165, 1.54) is 30.7 Å². The van der Waals surface area contributed by atoms with Crippen molar-refractivity contribution in [1.29, 1.82) is 0 Å². The molecule has 1 aliphatic rings. The number of carbonyl (C=O) groups is 1. The topological polar surface area (TPSA) is 48.1 Å². The Morgan fingerprint density at radius 1 is 1.35 bits per heavy atom. The summed E-state index contributed by atoms with van der Waals surface area (Å²) in [6.07, 6.45) is 4.55. The summed E-state index contributed by atoms with van der Waals surface area (Å²) in [4.78, 5) is 16.8. The Morgan fingerprint density at radius 3 is 2.75 bits per heavy atom. The minimum atomic E-state index is -0.0299. The molecule has 1 aromatic carbocycles. The van der Waals surface area contributed by atoms with E-state index in [4.69, 9.17) is 0 Å². The highest BCUT2D eigenvalue weighted by Crippen LogP contribution is 2.42. The van der Waals surface area contributed by atoms with Crippen LogP contribution in [0.25, 0.3) is 10.9 Å². The van der Waals surface area contributed by atoms with Gasteiger partial charge in [0, 0.05) is 35.8 Å². The fraction of sp³-hybridized carbons (Fsp3) is 0.438. The van der Waals surface area contributed by atoms with E-state index in [1.54, 1.807) is 0 Å². The lowest BCUT2D eigenvalue weighted by atomic mass is 9.75. The van der Waals surface area contributed by atoms with Crippen LogP contribution in [0.4, 0.5) is 5.69 Å². The number of nitrogens with zero attached hydrogens (tertiary/aromatic N) is 1. The minimum Gasteiger partial charge on any atom is -0.361 e. The highest BCUT2D eigenvalue weighted by atomic mass is 16.1. The summed E-state index contributed by atoms with van der Waals surface area (Å²) >= 11 is 0. The first-order valence-electron chi connectivity index (χ1n) is 7.09. The molecule has 0 spiro atoms. The lowest BCUT2D eigenvalue weighted by molar-refractivity contribution is -0.114. The molecule has 4 nitrogen and oxygen atoms in total. The van der Waals surface area contributed by atoms with Crippen molar-refractivity contribution in [2.45, 2.75) is 31.7 Å². The van der Waals surface area contributed by atoms with Crippen molar-refractivity contribution < 1.29 is 4.79 Å². The molecule has 1 heterocycles. The van der Waals surface area contributed by atoms with Crippen LogP contribution in [-0.4, -0.2) is 35.9 Å².